The molecule has 0 bridgehead atoms. The van der Waals surface area contributed by atoms with E-state index in [1.165, 1.54) is 32.0 Å². The number of aryl methyl sites for hydroxylation is 1. The van der Waals surface area contributed by atoms with Crippen LogP contribution in [0.25, 0.3) is 0 Å². The summed E-state index contributed by atoms with van der Waals surface area (Å²) in [5, 5.41) is 0.139. The standard InChI is InChI=1S/C22H23FN2O5S2/c1-13-4-6-15(10-16(13)23)25-17-11-32(27,28)12-20(17)31-22(25)24-21(26)9-14-5-7-18(29-2)19(8-14)30-3/h4-8,10,17,20H,9,11-12H2,1-3H3. The molecule has 2 aromatic rings. The monoisotopic (exact) mass is 478 g/mol. The Labute approximate surface area is 190 Å². The molecule has 2 atom stereocenters. The van der Waals surface area contributed by atoms with Crippen LogP contribution in [0.5, 0.6) is 11.5 Å². The molecule has 2 aliphatic rings. The van der Waals surface area contributed by atoms with Crippen LogP contribution in [0.1, 0.15) is 11.1 Å². The van der Waals surface area contributed by atoms with Gasteiger partial charge in [0.15, 0.2) is 26.5 Å². The molecule has 2 heterocycles. The number of amidine groups is 1. The van der Waals surface area contributed by atoms with E-state index in [1.807, 2.05) is 0 Å². The summed E-state index contributed by atoms with van der Waals surface area (Å²) in [5.74, 6) is 0.243. The Hall–Kier alpha value is -2.59. The summed E-state index contributed by atoms with van der Waals surface area (Å²) in [7, 11) is -0.150. The van der Waals surface area contributed by atoms with Gasteiger partial charge in [0.25, 0.3) is 5.91 Å². The van der Waals surface area contributed by atoms with Gasteiger partial charge >= 0.3 is 0 Å². The van der Waals surface area contributed by atoms with Crippen LogP contribution in [0.4, 0.5) is 10.1 Å². The van der Waals surface area contributed by atoms with E-state index in [0.717, 1.165) is 0 Å². The van der Waals surface area contributed by atoms with Crippen molar-refractivity contribution < 1.29 is 27.1 Å². The minimum absolute atomic E-state index is 0.00999. The Morgan fingerprint density at radius 3 is 2.59 bits per heavy atom. The van der Waals surface area contributed by atoms with Gasteiger partial charge in [0.2, 0.25) is 0 Å². The summed E-state index contributed by atoms with van der Waals surface area (Å²) < 4.78 is 49.1. The quantitative estimate of drug-likeness (QED) is 0.653. The number of ether oxygens (including phenoxy) is 2. The molecule has 0 saturated carbocycles. The molecule has 2 aliphatic heterocycles. The van der Waals surface area contributed by atoms with Gasteiger partial charge in [0, 0.05) is 10.9 Å². The van der Waals surface area contributed by atoms with Crippen LogP contribution in [0.15, 0.2) is 41.4 Å². The lowest BCUT2D eigenvalue weighted by molar-refractivity contribution is -0.117. The van der Waals surface area contributed by atoms with Gasteiger partial charge in [-0.05, 0) is 42.3 Å². The maximum atomic E-state index is 14.3. The van der Waals surface area contributed by atoms with Gasteiger partial charge in [-0.2, -0.15) is 4.99 Å². The number of methoxy groups -OCH3 is 2. The zero-order chi connectivity index (χ0) is 23.0. The molecule has 0 aromatic heterocycles. The summed E-state index contributed by atoms with van der Waals surface area (Å²) in [6.07, 6.45) is 0.0359. The summed E-state index contributed by atoms with van der Waals surface area (Å²) in [6, 6.07) is 9.52. The lowest BCUT2D eigenvalue weighted by atomic mass is 10.1. The minimum atomic E-state index is -3.20. The van der Waals surface area contributed by atoms with Crippen LogP contribution >= 0.6 is 11.8 Å². The maximum absolute atomic E-state index is 14.3. The van der Waals surface area contributed by atoms with E-state index in [0.29, 0.717) is 33.5 Å². The SMILES string of the molecule is COc1ccc(CC(=O)N=C2SC3CS(=O)(=O)CC3N2c2ccc(C)c(F)c2)cc1OC. The number of aliphatic imine (C=N–C) groups is 1. The normalized spacial score (nSPS) is 22.8. The number of carbonyl (C=O) groups is 1. The van der Waals surface area contributed by atoms with Gasteiger partial charge < -0.3 is 14.4 Å². The van der Waals surface area contributed by atoms with Crippen molar-refractivity contribution in [2.45, 2.75) is 24.6 Å². The highest BCUT2D eigenvalue weighted by atomic mass is 32.2. The first kappa shape index (κ1) is 22.6. The summed E-state index contributed by atoms with van der Waals surface area (Å²) in [4.78, 5) is 18.8. The van der Waals surface area contributed by atoms with Crippen LogP contribution in [0.3, 0.4) is 0 Å². The van der Waals surface area contributed by atoms with E-state index in [2.05, 4.69) is 4.99 Å². The van der Waals surface area contributed by atoms with Crippen molar-refractivity contribution >= 4 is 38.4 Å². The summed E-state index contributed by atoms with van der Waals surface area (Å²) in [6.45, 7) is 1.66. The highest BCUT2D eigenvalue weighted by Gasteiger charge is 2.49. The molecule has 0 radical (unpaired) electrons. The number of nitrogens with zero attached hydrogens (tertiary/aromatic N) is 2. The molecule has 170 valence electrons. The lowest BCUT2D eigenvalue weighted by Gasteiger charge is -2.24. The fraction of sp³-hybridized carbons (Fsp3) is 0.364. The number of hydrogen-bond acceptors (Lipinski definition) is 6. The van der Waals surface area contributed by atoms with E-state index in [4.69, 9.17) is 9.47 Å². The molecule has 2 fully saturated rings. The molecule has 0 aliphatic carbocycles. The van der Waals surface area contributed by atoms with Gasteiger partial charge in [-0.1, -0.05) is 23.9 Å². The molecule has 32 heavy (non-hydrogen) atoms. The highest BCUT2D eigenvalue weighted by Crippen LogP contribution is 2.41. The second-order valence-electron chi connectivity index (χ2n) is 7.76. The number of anilines is 1. The number of fused-ring (bicyclic) bond motifs is 1. The Bertz CT molecular complexity index is 1200. The molecule has 2 unspecified atom stereocenters. The third kappa shape index (κ3) is 4.47. The smallest absolute Gasteiger partial charge is 0.252 e. The van der Waals surface area contributed by atoms with Gasteiger partial charge in [-0.3, -0.25) is 4.79 Å². The number of amides is 1. The van der Waals surface area contributed by atoms with E-state index >= 15 is 0 Å². The number of hydrogen-bond donors (Lipinski definition) is 0. The minimum Gasteiger partial charge on any atom is -0.493 e. The van der Waals surface area contributed by atoms with Crippen molar-refractivity contribution in [3.63, 3.8) is 0 Å². The third-order valence-corrected chi connectivity index (χ3v) is 8.73. The Morgan fingerprint density at radius 2 is 1.91 bits per heavy atom. The Morgan fingerprint density at radius 1 is 1.16 bits per heavy atom. The van der Waals surface area contributed by atoms with Gasteiger partial charge in [-0.15, -0.1) is 0 Å². The second kappa shape index (κ2) is 8.74. The van der Waals surface area contributed by atoms with E-state index in [-0.39, 0.29) is 35.1 Å². The predicted octanol–water partition coefficient (Wildman–Crippen LogP) is 3.00. The molecule has 10 heteroatoms. The number of thioether (sulfide) groups is 1. The number of rotatable bonds is 5. The van der Waals surface area contributed by atoms with E-state index in [9.17, 15) is 17.6 Å². The number of halogens is 1. The van der Waals surface area contributed by atoms with Crippen LogP contribution in [-0.4, -0.2) is 56.5 Å². The van der Waals surface area contributed by atoms with Crippen molar-refractivity contribution in [2.75, 3.05) is 30.6 Å². The van der Waals surface area contributed by atoms with E-state index < -0.39 is 15.7 Å². The summed E-state index contributed by atoms with van der Waals surface area (Å²) >= 11 is 1.26. The first-order valence-electron chi connectivity index (χ1n) is 9.95. The van der Waals surface area contributed by atoms with Crippen molar-refractivity contribution in [3.8, 4) is 11.5 Å². The van der Waals surface area contributed by atoms with Crippen LogP contribution in [-0.2, 0) is 21.1 Å². The van der Waals surface area contributed by atoms with Crippen molar-refractivity contribution in [1.29, 1.82) is 0 Å². The third-order valence-electron chi connectivity index (χ3n) is 5.52. The van der Waals surface area contributed by atoms with Gasteiger partial charge in [0.1, 0.15) is 5.82 Å². The van der Waals surface area contributed by atoms with Crippen LogP contribution in [0, 0.1) is 12.7 Å². The Balaban J connectivity index is 1.63. The zero-order valence-electron chi connectivity index (χ0n) is 17.9. The van der Waals surface area contributed by atoms with Gasteiger partial charge in [0.05, 0.1) is 38.2 Å². The molecule has 1 amide bonds. The highest BCUT2D eigenvalue weighted by molar-refractivity contribution is 8.16. The fourth-order valence-corrected chi connectivity index (χ4v) is 7.84. The van der Waals surface area contributed by atoms with Crippen LogP contribution < -0.4 is 14.4 Å². The molecule has 2 aromatic carbocycles. The van der Waals surface area contributed by atoms with E-state index in [1.54, 1.807) is 42.2 Å². The number of benzene rings is 2. The number of sulfone groups is 1. The summed E-state index contributed by atoms with van der Waals surface area (Å²) in [5.41, 5.74) is 1.68. The van der Waals surface area contributed by atoms with Crippen molar-refractivity contribution in [1.82, 2.24) is 0 Å². The average molecular weight is 479 g/mol. The predicted molar refractivity (Wildman–Crippen MR) is 123 cm³/mol. The first-order valence-corrected chi connectivity index (χ1v) is 12.7. The molecule has 7 nitrogen and oxygen atoms in total. The molecular formula is C22H23FN2O5S2. The Kier molecular flexibility index (Phi) is 6.17. The molecule has 2 saturated heterocycles. The molecule has 0 N–H and O–H groups in total. The lowest BCUT2D eigenvalue weighted by Crippen LogP contribution is -2.37. The number of carbonyl (C=O) groups excluding carboxylic acids is 1. The molecular weight excluding hydrogens is 455 g/mol. The van der Waals surface area contributed by atoms with Crippen molar-refractivity contribution in [3.05, 3.63) is 53.3 Å². The second-order valence-corrected chi connectivity index (χ2v) is 11.1. The largest absolute Gasteiger partial charge is 0.493 e. The first-order chi connectivity index (χ1) is 15.2. The zero-order valence-corrected chi connectivity index (χ0v) is 19.5. The molecule has 0 spiro atoms. The van der Waals surface area contributed by atoms with Crippen LogP contribution in [0.2, 0.25) is 0 Å². The molecule has 4 rings (SSSR count). The van der Waals surface area contributed by atoms with Crippen molar-refractivity contribution in [2.24, 2.45) is 4.99 Å². The average Bonchev–Trinajstić information content (AvgIpc) is 3.20. The van der Waals surface area contributed by atoms with Gasteiger partial charge in [-0.25, -0.2) is 12.8 Å². The fourth-order valence-electron chi connectivity index (χ4n) is 3.91. The topological polar surface area (TPSA) is 85.3 Å². The maximum Gasteiger partial charge on any atom is 0.252 e.